The van der Waals surface area contributed by atoms with Crippen molar-refractivity contribution in [3.8, 4) is 0 Å². The van der Waals surface area contributed by atoms with E-state index in [-0.39, 0.29) is 6.09 Å². The molecule has 1 amide bonds. The average Bonchev–Trinajstić information content (AvgIpc) is 2.87. The number of cyclic esters (lactones) is 1. The van der Waals surface area contributed by atoms with Crippen LogP contribution in [0, 0.1) is 0 Å². The van der Waals surface area contributed by atoms with Crippen molar-refractivity contribution in [2.45, 2.75) is 19.9 Å². The van der Waals surface area contributed by atoms with E-state index in [0.29, 0.717) is 19.7 Å². The van der Waals surface area contributed by atoms with E-state index in [2.05, 4.69) is 21.8 Å². The number of anilines is 1. The summed E-state index contributed by atoms with van der Waals surface area (Å²) in [7, 11) is 0. The van der Waals surface area contributed by atoms with Crippen LogP contribution in [0.25, 0.3) is 0 Å². The van der Waals surface area contributed by atoms with Gasteiger partial charge in [-0.3, -0.25) is 4.90 Å². The van der Waals surface area contributed by atoms with Gasteiger partial charge >= 0.3 is 6.09 Å². The summed E-state index contributed by atoms with van der Waals surface area (Å²) in [6.07, 6.45) is 0.776. The third-order valence-electron chi connectivity index (χ3n) is 2.28. The third kappa shape index (κ3) is 2.41. The molecule has 1 aromatic rings. The van der Waals surface area contributed by atoms with Crippen LogP contribution in [0.3, 0.4) is 0 Å². The first kappa shape index (κ1) is 11.1. The molecule has 1 N–H and O–H groups in total. The van der Waals surface area contributed by atoms with Crippen molar-refractivity contribution in [2.24, 2.45) is 0 Å². The summed E-state index contributed by atoms with van der Waals surface area (Å²) in [4.78, 5) is 12.9. The largest absolute Gasteiger partial charge is 0.448 e. The van der Waals surface area contributed by atoms with E-state index in [1.54, 1.807) is 4.90 Å². The molecule has 1 aliphatic heterocycles. The maximum atomic E-state index is 11.3. The Hall–Kier alpha value is -1.37. The normalized spacial score (nSPS) is 15.3. The number of hydrogen-bond donors (Lipinski definition) is 1. The van der Waals surface area contributed by atoms with E-state index < -0.39 is 0 Å². The van der Waals surface area contributed by atoms with Crippen molar-refractivity contribution in [3.63, 3.8) is 0 Å². The van der Waals surface area contributed by atoms with Crippen LogP contribution in [0.2, 0.25) is 0 Å². The zero-order chi connectivity index (χ0) is 11.4. The van der Waals surface area contributed by atoms with Gasteiger partial charge in [-0.2, -0.15) is 0 Å². The molecule has 2 heterocycles. The Morgan fingerprint density at radius 3 is 3.19 bits per heavy atom. The molecule has 0 unspecified atom stereocenters. The summed E-state index contributed by atoms with van der Waals surface area (Å²) in [5.41, 5.74) is 0.817. The van der Waals surface area contributed by atoms with Gasteiger partial charge in [-0.1, -0.05) is 11.4 Å². The van der Waals surface area contributed by atoms with Crippen molar-refractivity contribution >= 4 is 22.6 Å². The summed E-state index contributed by atoms with van der Waals surface area (Å²) in [5, 5.41) is 8.22. The minimum absolute atomic E-state index is 0.269. The average molecular weight is 242 g/mol. The lowest BCUT2D eigenvalue weighted by molar-refractivity contribution is 0.157. The number of hydrogen-bond acceptors (Lipinski definition) is 6. The van der Waals surface area contributed by atoms with Gasteiger partial charge in [0.15, 0.2) is 0 Å². The minimum Gasteiger partial charge on any atom is -0.448 e. The SMILES string of the molecule is CCCNc1snnc1CN1CCOC1=O. The van der Waals surface area contributed by atoms with E-state index in [1.807, 2.05) is 0 Å². The number of carbonyl (C=O) groups is 1. The van der Waals surface area contributed by atoms with Crippen molar-refractivity contribution in [1.29, 1.82) is 0 Å². The standard InChI is InChI=1S/C9H14N4O2S/c1-2-3-10-8-7(11-12-16-8)6-13-4-5-15-9(13)14/h10H,2-6H2,1H3. The molecule has 0 atom stereocenters. The fraction of sp³-hybridized carbons (Fsp3) is 0.667. The van der Waals surface area contributed by atoms with Crippen LogP contribution in [0.5, 0.6) is 0 Å². The Morgan fingerprint density at radius 1 is 1.62 bits per heavy atom. The second-order valence-electron chi connectivity index (χ2n) is 3.51. The molecular weight excluding hydrogens is 228 g/mol. The molecule has 7 heteroatoms. The van der Waals surface area contributed by atoms with Crippen molar-refractivity contribution in [3.05, 3.63) is 5.69 Å². The van der Waals surface area contributed by atoms with Gasteiger partial charge in [0.05, 0.1) is 13.1 Å². The fourth-order valence-corrected chi connectivity index (χ4v) is 2.03. The third-order valence-corrected chi connectivity index (χ3v) is 3.00. The zero-order valence-electron chi connectivity index (χ0n) is 9.10. The van der Waals surface area contributed by atoms with Crippen LogP contribution in [0.1, 0.15) is 19.0 Å². The van der Waals surface area contributed by atoms with Gasteiger partial charge in [0.2, 0.25) is 0 Å². The Morgan fingerprint density at radius 2 is 2.50 bits per heavy atom. The van der Waals surface area contributed by atoms with Gasteiger partial charge < -0.3 is 10.1 Å². The number of ether oxygens (including phenoxy) is 1. The Balaban J connectivity index is 1.97. The predicted molar refractivity (Wildman–Crippen MR) is 60.4 cm³/mol. The van der Waals surface area contributed by atoms with E-state index in [1.165, 1.54) is 11.5 Å². The second kappa shape index (κ2) is 5.11. The molecule has 88 valence electrons. The van der Waals surface area contributed by atoms with E-state index >= 15 is 0 Å². The van der Waals surface area contributed by atoms with Crippen LogP contribution >= 0.6 is 11.5 Å². The molecule has 1 fully saturated rings. The Bertz CT molecular complexity index is 368. The first-order valence-corrected chi connectivity index (χ1v) is 6.05. The number of amides is 1. The lowest BCUT2D eigenvalue weighted by Crippen LogP contribution is -2.24. The Labute approximate surface area is 97.8 Å². The summed E-state index contributed by atoms with van der Waals surface area (Å²) < 4.78 is 8.75. The van der Waals surface area contributed by atoms with Crippen LogP contribution in [0.15, 0.2) is 0 Å². The van der Waals surface area contributed by atoms with Gasteiger partial charge in [-0.25, -0.2) is 4.79 Å². The highest BCUT2D eigenvalue weighted by molar-refractivity contribution is 7.10. The first-order valence-electron chi connectivity index (χ1n) is 5.28. The first-order chi connectivity index (χ1) is 7.81. The summed E-state index contributed by atoms with van der Waals surface area (Å²) >= 11 is 1.32. The van der Waals surface area contributed by atoms with Crippen molar-refractivity contribution in [2.75, 3.05) is 25.0 Å². The number of rotatable bonds is 5. The van der Waals surface area contributed by atoms with Crippen LogP contribution in [0.4, 0.5) is 9.80 Å². The molecule has 6 nitrogen and oxygen atoms in total. The van der Waals surface area contributed by atoms with Gasteiger partial charge in [0.1, 0.15) is 17.3 Å². The van der Waals surface area contributed by atoms with Gasteiger partial charge in [0, 0.05) is 18.1 Å². The summed E-state index contributed by atoms with van der Waals surface area (Å²) in [6, 6.07) is 0. The molecular formula is C9H14N4O2S. The number of nitrogens with zero attached hydrogens (tertiary/aromatic N) is 3. The molecule has 1 aliphatic rings. The Kier molecular flexibility index (Phi) is 3.55. The van der Waals surface area contributed by atoms with E-state index in [4.69, 9.17) is 4.74 Å². The molecule has 0 aliphatic carbocycles. The molecule has 1 saturated heterocycles. The summed E-state index contributed by atoms with van der Waals surface area (Å²) in [6.45, 7) is 4.55. The summed E-state index contributed by atoms with van der Waals surface area (Å²) in [5.74, 6) is 0. The van der Waals surface area contributed by atoms with E-state index in [0.717, 1.165) is 23.7 Å². The number of nitrogens with one attached hydrogen (secondary N) is 1. The molecule has 0 radical (unpaired) electrons. The molecule has 0 bridgehead atoms. The van der Waals surface area contributed by atoms with Gasteiger partial charge in [-0.15, -0.1) is 5.10 Å². The van der Waals surface area contributed by atoms with Crippen molar-refractivity contribution < 1.29 is 9.53 Å². The lowest BCUT2D eigenvalue weighted by atomic mass is 10.4. The smallest absolute Gasteiger partial charge is 0.410 e. The maximum Gasteiger partial charge on any atom is 0.410 e. The van der Waals surface area contributed by atoms with Crippen molar-refractivity contribution in [1.82, 2.24) is 14.5 Å². The topological polar surface area (TPSA) is 67.3 Å². The van der Waals surface area contributed by atoms with Gasteiger partial charge in [-0.05, 0) is 6.42 Å². The van der Waals surface area contributed by atoms with Crippen LogP contribution in [-0.4, -0.2) is 40.3 Å². The molecule has 16 heavy (non-hydrogen) atoms. The van der Waals surface area contributed by atoms with E-state index in [9.17, 15) is 4.79 Å². The maximum absolute atomic E-state index is 11.3. The van der Waals surface area contributed by atoms with Crippen LogP contribution < -0.4 is 5.32 Å². The highest BCUT2D eigenvalue weighted by Crippen LogP contribution is 2.20. The number of carbonyl (C=O) groups excluding carboxylic acids is 1. The monoisotopic (exact) mass is 242 g/mol. The molecule has 0 saturated carbocycles. The van der Waals surface area contributed by atoms with Crippen LogP contribution in [-0.2, 0) is 11.3 Å². The predicted octanol–water partition coefficient (Wildman–Crippen LogP) is 1.31. The molecule has 0 aromatic carbocycles. The molecule has 1 aromatic heterocycles. The minimum atomic E-state index is -0.269. The zero-order valence-corrected chi connectivity index (χ0v) is 9.92. The fourth-order valence-electron chi connectivity index (χ4n) is 1.43. The molecule has 0 spiro atoms. The molecule has 2 rings (SSSR count). The lowest BCUT2D eigenvalue weighted by Gasteiger charge is -2.11. The highest BCUT2D eigenvalue weighted by Gasteiger charge is 2.24. The quantitative estimate of drug-likeness (QED) is 0.843. The van der Waals surface area contributed by atoms with Gasteiger partial charge in [0.25, 0.3) is 0 Å². The number of aromatic nitrogens is 2. The highest BCUT2D eigenvalue weighted by atomic mass is 32.1. The second-order valence-corrected chi connectivity index (χ2v) is 4.27.